The number of nitrogens with one attached hydrogen (secondary N) is 1. The van der Waals surface area contributed by atoms with Crippen LogP contribution in [0.4, 0.5) is 5.69 Å². The second-order valence-corrected chi connectivity index (χ2v) is 5.80. The molecule has 3 rings (SSSR count). The first kappa shape index (κ1) is 18.0. The second kappa shape index (κ2) is 8.07. The number of carbonyl (C=O) groups excluding carboxylic acids is 1. The van der Waals surface area contributed by atoms with E-state index < -0.39 is 5.91 Å². The van der Waals surface area contributed by atoms with Crippen molar-refractivity contribution in [3.05, 3.63) is 71.8 Å². The molecular formula is C22H18N2O3. The van der Waals surface area contributed by atoms with Gasteiger partial charge in [-0.2, -0.15) is 5.26 Å². The average molecular weight is 358 g/mol. The van der Waals surface area contributed by atoms with Crippen molar-refractivity contribution < 1.29 is 14.3 Å². The lowest BCUT2D eigenvalue weighted by atomic mass is 10.1. The smallest absolute Gasteiger partial charge is 0.266 e. The number of hydrogen-bond acceptors (Lipinski definition) is 4. The van der Waals surface area contributed by atoms with Gasteiger partial charge in [0.15, 0.2) is 11.5 Å². The van der Waals surface area contributed by atoms with Crippen molar-refractivity contribution in [2.24, 2.45) is 0 Å². The fourth-order valence-electron chi connectivity index (χ4n) is 2.72. The summed E-state index contributed by atoms with van der Waals surface area (Å²) >= 11 is 0. The summed E-state index contributed by atoms with van der Waals surface area (Å²) in [4.78, 5) is 12.5. The maximum absolute atomic E-state index is 12.5. The van der Waals surface area contributed by atoms with Gasteiger partial charge in [0.2, 0.25) is 0 Å². The number of nitrogens with zero attached hydrogens (tertiary/aromatic N) is 1. The Morgan fingerprint density at radius 2 is 1.70 bits per heavy atom. The van der Waals surface area contributed by atoms with E-state index in [1.807, 2.05) is 48.5 Å². The molecule has 0 atom stereocenters. The number of carbonyl (C=O) groups is 1. The Hall–Kier alpha value is -3.78. The maximum atomic E-state index is 12.5. The number of benzene rings is 3. The molecule has 0 aromatic heterocycles. The van der Waals surface area contributed by atoms with Crippen molar-refractivity contribution in [3.8, 4) is 17.6 Å². The van der Waals surface area contributed by atoms with Crippen molar-refractivity contribution in [2.45, 2.75) is 0 Å². The standard InChI is InChI=1S/C22H18N2O3/c1-26-20-10-7-15(12-21(20)27-2)11-18(14-23)22(25)24-19-9-8-16-5-3-4-6-17(16)13-19/h3-13H,1-2H3,(H,24,25)/b18-11+. The molecule has 1 amide bonds. The lowest BCUT2D eigenvalue weighted by Crippen LogP contribution is -2.13. The largest absolute Gasteiger partial charge is 0.493 e. The Bertz CT molecular complexity index is 1060. The second-order valence-electron chi connectivity index (χ2n) is 5.80. The zero-order chi connectivity index (χ0) is 19.2. The van der Waals surface area contributed by atoms with E-state index in [0.29, 0.717) is 22.7 Å². The van der Waals surface area contributed by atoms with Crippen molar-refractivity contribution in [2.75, 3.05) is 19.5 Å². The first-order valence-electron chi connectivity index (χ1n) is 8.28. The van der Waals surface area contributed by atoms with Crippen LogP contribution < -0.4 is 14.8 Å². The molecule has 0 saturated heterocycles. The van der Waals surface area contributed by atoms with Gasteiger partial charge >= 0.3 is 0 Å². The molecule has 0 spiro atoms. The van der Waals surface area contributed by atoms with E-state index in [1.165, 1.54) is 13.2 Å². The number of rotatable bonds is 5. The highest BCUT2D eigenvalue weighted by molar-refractivity contribution is 6.10. The first-order valence-corrected chi connectivity index (χ1v) is 8.28. The number of fused-ring (bicyclic) bond motifs is 1. The Morgan fingerprint density at radius 3 is 2.41 bits per heavy atom. The van der Waals surface area contributed by atoms with E-state index in [-0.39, 0.29) is 5.57 Å². The fourth-order valence-corrected chi connectivity index (χ4v) is 2.72. The number of ether oxygens (including phenoxy) is 2. The summed E-state index contributed by atoms with van der Waals surface area (Å²) in [5.41, 5.74) is 1.29. The molecule has 3 aromatic carbocycles. The lowest BCUT2D eigenvalue weighted by Gasteiger charge is -2.08. The number of anilines is 1. The fraction of sp³-hybridized carbons (Fsp3) is 0.0909. The van der Waals surface area contributed by atoms with E-state index in [9.17, 15) is 10.1 Å². The van der Waals surface area contributed by atoms with Gasteiger partial charge in [-0.3, -0.25) is 4.79 Å². The summed E-state index contributed by atoms with van der Waals surface area (Å²) in [6.07, 6.45) is 1.51. The van der Waals surface area contributed by atoms with Gasteiger partial charge in [0.1, 0.15) is 11.6 Å². The minimum absolute atomic E-state index is 0.00428. The van der Waals surface area contributed by atoms with Crippen LogP contribution >= 0.6 is 0 Å². The molecule has 5 heteroatoms. The Morgan fingerprint density at radius 1 is 0.963 bits per heavy atom. The molecule has 134 valence electrons. The van der Waals surface area contributed by atoms with Crippen LogP contribution in [0.15, 0.2) is 66.2 Å². The Kier molecular flexibility index (Phi) is 5.38. The molecule has 5 nitrogen and oxygen atoms in total. The topological polar surface area (TPSA) is 71.3 Å². The third kappa shape index (κ3) is 4.07. The van der Waals surface area contributed by atoms with Crippen molar-refractivity contribution in [3.63, 3.8) is 0 Å². The Labute approximate surface area is 157 Å². The van der Waals surface area contributed by atoms with Gasteiger partial charge in [-0.25, -0.2) is 0 Å². The lowest BCUT2D eigenvalue weighted by molar-refractivity contribution is -0.112. The number of hydrogen-bond donors (Lipinski definition) is 1. The molecule has 0 saturated carbocycles. The van der Waals surface area contributed by atoms with E-state index in [0.717, 1.165) is 10.8 Å². The predicted molar refractivity (Wildman–Crippen MR) is 106 cm³/mol. The van der Waals surface area contributed by atoms with Crippen molar-refractivity contribution >= 4 is 28.4 Å². The van der Waals surface area contributed by atoms with E-state index in [1.54, 1.807) is 25.3 Å². The van der Waals surface area contributed by atoms with Crippen LogP contribution in [0.5, 0.6) is 11.5 Å². The van der Waals surface area contributed by atoms with Crippen LogP contribution in [-0.2, 0) is 4.79 Å². The minimum atomic E-state index is -0.470. The summed E-state index contributed by atoms with van der Waals surface area (Å²) < 4.78 is 10.4. The normalized spacial score (nSPS) is 10.9. The monoisotopic (exact) mass is 358 g/mol. The van der Waals surface area contributed by atoms with Crippen LogP contribution in [0, 0.1) is 11.3 Å². The van der Waals surface area contributed by atoms with E-state index in [4.69, 9.17) is 9.47 Å². The highest BCUT2D eigenvalue weighted by Crippen LogP contribution is 2.28. The molecule has 1 N–H and O–H groups in total. The van der Waals surface area contributed by atoms with Crippen LogP contribution in [0.25, 0.3) is 16.8 Å². The zero-order valence-electron chi connectivity index (χ0n) is 15.0. The van der Waals surface area contributed by atoms with Gasteiger partial charge in [-0.05, 0) is 46.7 Å². The van der Waals surface area contributed by atoms with Gasteiger partial charge in [0.25, 0.3) is 5.91 Å². The van der Waals surface area contributed by atoms with Crippen LogP contribution in [0.3, 0.4) is 0 Å². The first-order chi connectivity index (χ1) is 13.1. The van der Waals surface area contributed by atoms with Crippen LogP contribution in [0.2, 0.25) is 0 Å². The number of amides is 1. The molecule has 0 aliphatic heterocycles. The molecule has 27 heavy (non-hydrogen) atoms. The SMILES string of the molecule is COc1ccc(/C=C(\C#N)C(=O)Nc2ccc3ccccc3c2)cc1OC. The average Bonchev–Trinajstić information content (AvgIpc) is 2.71. The molecule has 0 aliphatic rings. The van der Waals surface area contributed by atoms with Gasteiger partial charge in [-0.1, -0.05) is 36.4 Å². The van der Waals surface area contributed by atoms with Gasteiger partial charge < -0.3 is 14.8 Å². The van der Waals surface area contributed by atoms with Crippen molar-refractivity contribution in [1.29, 1.82) is 5.26 Å². The van der Waals surface area contributed by atoms with Crippen molar-refractivity contribution in [1.82, 2.24) is 0 Å². The number of nitriles is 1. The number of methoxy groups -OCH3 is 2. The third-order valence-electron chi connectivity index (χ3n) is 4.09. The molecule has 0 fully saturated rings. The highest BCUT2D eigenvalue weighted by atomic mass is 16.5. The molecule has 0 aliphatic carbocycles. The minimum Gasteiger partial charge on any atom is -0.493 e. The maximum Gasteiger partial charge on any atom is 0.266 e. The summed E-state index contributed by atoms with van der Waals surface area (Å²) in [5, 5.41) is 14.3. The summed E-state index contributed by atoms with van der Waals surface area (Å²) in [7, 11) is 3.08. The Balaban J connectivity index is 1.85. The van der Waals surface area contributed by atoms with E-state index >= 15 is 0 Å². The summed E-state index contributed by atoms with van der Waals surface area (Å²) in [6.45, 7) is 0. The summed E-state index contributed by atoms with van der Waals surface area (Å²) in [5.74, 6) is 0.634. The molecule has 0 heterocycles. The third-order valence-corrected chi connectivity index (χ3v) is 4.09. The van der Waals surface area contributed by atoms with Crippen LogP contribution in [0.1, 0.15) is 5.56 Å². The van der Waals surface area contributed by atoms with Gasteiger partial charge in [0, 0.05) is 5.69 Å². The zero-order valence-corrected chi connectivity index (χ0v) is 15.0. The molecule has 0 bridgehead atoms. The predicted octanol–water partition coefficient (Wildman–Crippen LogP) is 4.40. The molecule has 0 radical (unpaired) electrons. The molecule has 3 aromatic rings. The quantitative estimate of drug-likeness (QED) is 0.542. The van der Waals surface area contributed by atoms with Gasteiger partial charge in [-0.15, -0.1) is 0 Å². The highest BCUT2D eigenvalue weighted by Gasteiger charge is 2.11. The van der Waals surface area contributed by atoms with E-state index in [2.05, 4.69) is 5.32 Å². The van der Waals surface area contributed by atoms with Crippen LogP contribution in [-0.4, -0.2) is 20.1 Å². The molecule has 0 unspecified atom stereocenters. The molecular weight excluding hydrogens is 340 g/mol. The van der Waals surface area contributed by atoms with Gasteiger partial charge in [0.05, 0.1) is 14.2 Å². The summed E-state index contributed by atoms with van der Waals surface area (Å²) in [6, 6.07) is 20.6.